The van der Waals surface area contributed by atoms with Gasteiger partial charge in [-0.25, -0.2) is 24.0 Å². The number of carbonyl (C=O) groups excluding carboxylic acids is 4. The number of amides is 1. The van der Waals surface area contributed by atoms with E-state index in [0.29, 0.717) is 32.1 Å². The van der Waals surface area contributed by atoms with E-state index < -0.39 is 29.6 Å². The highest BCUT2D eigenvalue weighted by Gasteiger charge is 2.23. The van der Waals surface area contributed by atoms with Gasteiger partial charge in [-0.15, -0.1) is 0 Å². The van der Waals surface area contributed by atoms with E-state index in [1.807, 2.05) is 45.2 Å². The molecule has 3 heterocycles. The Morgan fingerprint density at radius 3 is 1.57 bits per heavy atom. The van der Waals surface area contributed by atoms with Gasteiger partial charge in [0.2, 0.25) is 0 Å². The summed E-state index contributed by atoms with van der Waals surface area (Å²) in [6.07, 6.45) is -0.609. The molecule has 3 aromatic heterocycles. The topological polar surface area (TPSA) is 219 Å². The van der Waals surface area contributed by atoms with Gasteiger partial charge < -0.3 is 29.8 Å². The zero-order valence-corrected chi connectivity index (χ0v) is 31.3. The van der Waals surface area contributed by atoms with Crippen molar-refractivity contribution in [2.75, 3.05) is 32.4 Å². The molecule has 4 N–H and O–H groups in total. The van der Waals surface area contributed by atoms with E-state index in [0.717, 1.165) is 34.6 Å². The normalized spacial score (nSPS) is 10.2. The lowest BCUT2D eigenvalue weighted by Crippen LogP contribution is -2.27. The van der Waals surface area contributed by atoms with Crippen LogP contribution in [0.4, 0.5) is 16.4 Å². The Morgan fingerprint density at radius 2 is 1.19 bits per heavy atom. The number of esters is 3. The summed E-state index contributed by atoms with van der Waals surface area (Å²) >= 11 is 8.48. The zero-order valence-electron chi connectivity index (χ0n) is 22.4. The standard InChI is InChI=1S/C10H13IN2O4S.C6H4INO4S.C5H5IN2O2S/c1-10(2,3)17-9(15)12-7-5(11)6(18-13-7)8(14)16-4;1-12-6(11)4-2(7)3(5(9)10)8-13-4;1-10-5(9)3-2(6)4(7)8-11-3/h1-4H3,(H,12,13,15);1H3,(H,9,10);1H3,(H2,7,8). The quantitative estimate of drug-likeness (QED) is 0.170. The molecule has 0 aliphatic carbocycles. The van der Waals surface area contributed by atoms with Crippen LogP contribution in [0, 0.1) is 10.7 Å². The van der Waals surface area contributed by atoms with E-state index in [-0.39, 0.29) is 16.5 Å². The van der Waals surface area contributed by atoms with Crippen molar-refractivity contribution in [2.24, 2.45) is 0 Å². The largest absolute Gasteiger partial charge is 0.476 e. The molecule has 42 heavy (non-hydrogen) atoms. The third-order valence-electron chi connectivity index (χ3n) is 3.86. The number of carboxylic acids is 1. The maximum absolute atomic E-state index is 11.5. The molecule has 3 rings (SSSR count). The number of aromatic carboxylic acids is 1. The van der Waals surface area contributed by atoms with Gasteiger partial charge in [0.05, 0.1) is 32.0 Å². The number of anilines is 2. The summed E-state index contributed by atoms with van der Waals surface area (Å²) in [5.74, 6) is -1.88. The summed E-state index contributed by atoms with van der Waals surface area (Å²) in [5, 5.41) is 11.1. The van der Waals surface area contributed by atoms with Crippen molar-refractivity contribution < 1.29 is 48.0 Å². The van der Waals surface area contributed by atoms with Crippen LogP contribution in [0.15, 0.2) is 0 Å². The van der Waals surface area contributed by atoms with Crippen LogP contribution in [0.3, 0.4) is 0 Å². The molecule has 21 heteroatoms. The number of rotatable bonds is 5. The number of methoxy groups -OCH3 is 3. The molecular formula is C21H22I3N5O10S3. The molecule has 0 aliphatic heterocycles. The molecule has 0 aliphatic rings. The maximum atomic E-state index is 11.5. The SMILES string of the molecule is COC(=O)c1snc(C(=O)O)c1I.COC(=O)c1snc(N)c1I.COC(=O)c1snc(NC(=O)OC(C)(C)C)c1I. The molecule has 0 unspecified atom stereocenters. The lowest BCUT2D eigenvalue weighted by atomic mass is 10.2. The minimum Gasteiger partial charge on any atom is -0.476 e. The fourth-order valence-corrected chi connectivity index (χ4v) is 6.85. The molecule has 0 fully saturated rings. The number of ether oxygens (including phenoxy) is 4. The Bertz CT molecular complexity index is 1450. The summed E-state index contributed by atoms with van der Waals surface area (Å²) in [6, 6.07) is 0. The van der Waals surface area contributed by atoms with Crippen molar-refractivity contribution in [3.05, 3.63) is 31.0 Å². The van der Waals surface area contributed by atoms with Crippen molar-refractivity contribution in [3.8, 4) is 0 Å². The second-order valence-electron chi connectivity index (χ2n) is 7.97. The Balaban J connectivity index is 0.000000326. The number of nitrogens with two attached hydrogens (primary N) is 1. The predicted molar refractivity (Wildman–Crippen MR) is 180 cm³/mol. The monoisotopic (exact) mass is 981 g/mol. The maximum Gasteiger partial charge on any atom is 0.413 e. The van der Waals surface area contributed by atoms with Crippen LogP contribution in [-0.4, -0.2) is 75.1 Å². The number of hydrogen-bond donors (Lipinski definition) is 3. The van der Waals surface area contributed by atoms with Crippen molar-refractivity contribution in [1.29, 1.82) is 0 Å². The van der Waals surface area contributed by atoms with Crippen molar-refractivity contribution in [1.82, 2.24) is 13.1 Å². The second kappa shape index (κ2) is 17.4. The smallest absolute Gasteiger partial charge is 0.413 e. The van der Waals surface area contributed by atoms with Gasteiger partial charge in [-0.2, -0.15) is 13.1 Å². The van der Waals surface area contributed by atoms with Crippen LogP contribution < -0.4 is 11.1 Å². The minimum atomic E-state index is -1.14. The number of nitrogen functional groups attached to an aromatic ring is 1. The first kappa shape index (κ1) is 38.1. The van der Waals surface area contributed by atoms with E-state index in [9.17, 15) is 24.0 Å². The molecule has 0 atom stereocenters. The van der Waals surface area contributed by atoms with Gasteiger partial charge in [-0.05, 0) is 123 Å². The van der Waals surface area contributed by atoms with Crippen LogP contribution in [0.1, 0.15) is 60.3 Å². The van der Waals surface area contributed by atoms with E-state index in [4.69, 9.17) is 15.6 Å². The Morgan fingerprint density at radius 1 is 0.762 bits per heavy atom. The highest BCUT2D eigenvalue weighted by molar-refractivity contribution is 14.1. The van der Waals surface area contributed by atoms with Gasteiger partial charge in [-0.3, -0.25) is 5.32 Å². The molecule has 0 bridgehead atoms. The first-order chi connectivity index (χ1) is 19.5. The molecule has 0 radical (unpaired) electrons. The van der Waals surface area contributed by atoms with Crippen molar-refractivity contribution in [2.45, 2.75) is 26.4 Å². The van der Waals surface area contributed by atoms with Crippen LogP contribution in [0.2, 0.25) is 0 Å². The van der Waals surface area contributed by atoms with Gasteiger partial charge in [0.15, 0.2) is 17.3 Å². The fraction of sp³-hybridized carbons (Fsp3) is 0.333. The van der Waals surface area contributed by atoms with Crippen LogP contribution in [0.25, 0.3) is 0 Å². The van der Waals surface area contributed by atoms with Gasteiger partial charge in [0.1, 0.15) is 20.2 Å². The molecule has 0 aromatic carbocycles. The lowest BCUT2D eigenvalue weighted by molar-refractivity contribution is 0.0595. The van der Waals surface area contributed by atoms with Gasteiger partial charge >= 0.3 is 30.0 Å². The lowest BCUT2D eigenvalue weighted by Gasteiger charge is -2.19. The molecule has 1 amide bonds. The number of nitrogens with one attached hydrogen (secondary N) is 1. The molecule has 0 spiro atoms. The Hall–Kier alpha value is -1.97. The third kappa shape index (κ3) is 11.3. The first-order valence-corrected chi connectivity index (χ1v) is 16.2. The average Bonchev–Trinajstić information content (AvgIpc) is 3.59. The number of hydrogen-bond acceptors (Lipinski definition) is 16. The predicted octanol–water partition coefficient (Wildman–Crippen LogP) is 5.23. The highest BCUT2D eigenvalue weighted by Crippen LogP contribution is 2.26. The fourth-order valence-electron chi connectivity index (χ4n) is 2.12. The van der Waals surface area contributed by atoms with Crippen LogP contribution >= 0.6 is 102 Å². The van der Waals surface area contributed by atoms with Gasteiger partial charge in [-0.1, -0.05) is 0 Å². The molecule has 230 valence electrons. The van der Waals surface area contributed by atoms with E-state index >= 15 is 0 Å². The molecule has 3 aromatic rings. The highest BCUT2D eigenvalue weighted by atomic mass is 127. The molecular weight excluding hydrogens is 959 g/mol. The van der Waals surface area contributed by atoms with Gasteiger partial charge in [0, 0.05) is 0 Å². The minimum absolute atomic E-state index is 0.106. The molecule has 0 saturated carbocycles. The number of aromatic nitrogens is 3. The average molecular weight is 981 g/mol. The summed E-state index contributed by atoms with van der Waals surface area (Å²) < 4.78 is 31.5. The van der Waals surface area contributed by atoms with E-state index in [2.05, 4.69) is 32.6 Å². The Labute approximate surface area is 292 Å². The van der Waals surface area contributed by atoms with Crippen molar-refractivity contribution in [3.63, 3.8) is 0 Å². The zero-order chi connectivity index (χ0) is 32.4. The van der Waals surface area contributed by atoms with Gasteiger partial charge in [0.25, 0.3) is 0 Å². The second-order valence-corrected chi connectivity index (χ2v) is 13.5. The van der Waals surface area contributed by atoms with Crippen LogP contribution in [0.5, 0.6) is 0 Å². The van der Waals surface area contributed by atoms with E-state index in [1.165, 1.54) is 21.3 Å². The number of carboxylic acid groups (broad SMARTS) is 1. The molecule has 0 saturated heterocycles. The summed E-state index contributed by atoms with van der Waals surface area (Å²) in [6.45, 7) is 5.29. The van der Waals surface area contributed by atoms with Crippen LogP contribution in [-0.2, 0) is 18.9 Å². The Kier molecular flexibility index (Phi) is 15.7. The number of carbonyl (C=O) groups is 5. The third-order valence-corrected chi connectivity index (χ3v) is 10.7. The van der Waals surface area contributed by atoms with Crippen molar-refractivity contribution >= 4 is 144 Å². The molecule has 15 nitrogen and oxygen atoms in total. The number of nitrogens with zero attached hydrogens (tertiary/aromatic N) is 3. The summed E-state index contributed by atoms with van der Waals surface area (Å²) in [4.78, 5) is 56.4. The summed E-state index contributed by atoms with van der Waals surface area (Å²) in [5.41, 5.74) is 4.73. The summed E-state index contributed by atoms with van der Waals surface area (Å²) in [7, 11) is 3.85. The number of halogens is 3. The van der Waals surface area contributed by atoms with E-state index in [1.54, 1.807) is 43.4 Å². The first-order valence-electron chi connectivity index (χ1n) is 10.7.